The average Bonchev–Trinajstić information content (AvgIpc) is 2.69. The highest BCUT2D eigenvalue weighted by molar-refractivity contribution is 5.93. The average molecular weight is 292 g/mol. The zero-order valence-electron chi connectivity index (χ0n) is 11.8. The Hall–Kier alpha value is -2.08. The summed E-state index contributed by atoms with van der Waals surface area (Å²) in [6, 6.07) is 7.56. The number of nitrogens with one attached hydrogen (secondary N) is 1. The molecule has 6 nitrogen and oxygen atoms in total. The van der Waals surface area contributed by atoms with E-state index < -0.39 is 12.1 Å². The molecule has 0 spiro atoms. The van der Waals surface area contributed by atoms with Gasteiger partial charge in [0, 0.05) is 25.2 Å². The standard InChI is InChI=1S/C15H20N2O4/c18-13(14(19)20)8-9-16-15(21)17-10-4-3-6-11-5-1-2-7-12(11)17/h1-2,5,7,13,18H,3-4,6,8-10H2,(H,16,21)(H,19,20). The van der Waals surface area contributed by atoms with E-state index in [4.69, 9.17) is 5.11 Å². The van der Waals surface area contributed by atoms with Crippen LogP contribution in [0.15, 0.2) is 24.3 Å². The van der Waals surface area contributed by atoms with E-state index in [-0.39, 0.29) is 19.0 Å². The monoisotopic (exact) mass is 292 g/mol. The molecular formula is C15H20N2O4. The van der Waals surface area contributed by atoms with Crippen LogP contribution in [0.1, 0.15) is 24.8 Å². The summed E-state index contributed by atoms with van der Waals surface area (Å²) in [6.45, 7) is 0.773. The van der Waals surface area contributed by atoms with Gasteiger partial charge in [-0.1, -0.05) is 18.2 Å². The van der Waals surface area contributed by atoms with Crippen LogP contribution >= 0.6 is 0 Å². The van der Waals surface area contributed by atoms with Gasteiger partial charge in [0.25, 0.3) is 0 Å². The van der Waals surface area contributed by atoms with E-state index in [1.54, 1.807) is 4.90 Å². The van der Waals surface area contributed by atoms with Crippen LogP contribution in [0.2, 0.25) is 0 Å². The molecule has 0 radical (unpaired) electrons. The maximum atomic E-state index is 12.3. The third-order valence-electron chi connectivity index (χ3n) is 3.58. The summed E-state index contributed by atoms with van der Waals surface area (Å²) in [5.74, 6) is -1.27. The van der Waals surface area contributed by atoms with Crippen molar-refractivity contribution < 1.29 is 19.8 Å². The Bertz CT molecular complexity index is 518. The smallest absolute Gasteiger partial charge is 0.332 e. The van der Waals surface area contributed by atoms with E-state index in [1.807, 2.05) is 24.3 Å². The molecular weight excluding hydrogens is 272 g/mol. The number of rotatable bonds is 4. The Kier molecular flexibility index (Phi) is 5.16. The molecule has 2 amide bonds. The molecule has 0 aromatic heterocycles. The highest BCUT2D eigenvalue weighted by Crippen LogP contribution is 2.25. The lowest BCUT2D eigenvalue weighted by Gasteiger charge is -2.23. The topological polar surface area (TPSA) is 89.9 Å². The number of aliphatic hydroxyl groups excluding tert-OH is 1. The number of hydrogen-bond donors (Lipinski definition) is 3. The molecule has 1 aliphatic rings. The second kappa shape index (κ2) is 7.08. The van der Waals surface area contributed by atoms with Gasteiger partial charge >= 0.3 is 12.0 Å². The number of carboxylic acid groups (broad SMARTS) is 1. The van der Waals surface area contributed by atoms with Crippen LogP contribution in [-0.2, 0) is 11.2 Å². The molecule has 1 atom stereocenters. The lowest BCUT2D eigenvalue weighted by atomic mass is 10.1. The van der Waals surface area contributed by atoms with Crippen molar-refractivity contribution in [3.05, 3.63) is 29.8 Å². The lowest BCUT2D eigenvalue weighted by Crippen LogP contribution is -2.42. The molecule has 21 heavy (non-hydrogen) atoms. The van der Waals surface area contributed by atoms with E-state index in [2.05, 4.69) is 5.32 Å². The maximum absolute atomic E-state index is 12.3. The van der Waals surface area contributed by atoms with Crippen molar-refractivity contribution in [3.63, 3.8) is 0 Å². The van der Waals surface area contributed by atoms with Gasteiger partial charge in [-0.2, -0.15) is 0 Å². The molecule has 3 N–H and O–H groups in total. The van der Waals surface area contributed by atoms with Gasteiger partial charge in [-0.3, -0.25) is 4.90 Å². The molecule has 1 aromatic rings. The third-order valence-corrected chi connectivity index (χ3v) is 3.58. The van der Waals surface area contributed by atoms with Gasteiger partial charge in [-0.05, 0) is 30.9 Å². The number of benzene rings is 1. The Balaban J connectivity index is 1.97. The minimum Gasteiger partial charge on any atom is -0.479 e. The number of nitrogens with zero attached hydrogens (tertiary/aromatic N) is 1. The quantitative estimate of drug-likeness (QED) is 0.782. The highest BCUT2D eigenvalue weighted by atomic mass is 16.4. The van der Waals surface area contributed by atoms with Gasteiger partial charge in [-0.25, -0.2) is 9.59 Å². The first kappa shape index (κ1) is 15.3. The fourth-order valence-corrected chi connectivity index (χ4v) is 2.44. The molecule has 6 heteroatoms. The fraction of sp³-hybridized carbons (Fsp3) is 0.467. The van der Waals surface area contributed by atoms with E-state index in [9.17, 15) is 14.7 Å². The van der Waals surface area contributed by atoms with Crippen LogP contribution in [0.25, 0.3) is 0 Å². The third kappa shape index (κ3) is 3.95. The number of amides is 2. The van der Waals surface area contributed by atoms with Crippen molar-refractivity contribution in [1.29, 1.82) is 0 Å². The number of carbonyl (C=O) groups excluding carboxylic acids is 1. The van der Waals surface area contributed by atoms with Gasteiger partial charge in [0.2, 0.25) is 0 Å². The second-order valence-electron chi connectivity index (χ2n) is 5.11. The maximum Gasteiger partial charge on any atom is 0.332 e. The SMILES string of the molecule is O=C(O)C(O)CCNC(=O)N1CCCCc2ccccc21. The molecule has 1 aromatic carbocycles. The summed E-state index contributed by atoms with van der Waals surface area (Å²) in [5.41, 5.74) is 2.06. The first-order valence-electron chi connectivity index (χ1n) is 7.13. The molecule has 1 unspecified atom stereocenters. The van der Waals surface area contributed by atoms with Crippen molar-refractivity contribution in [2.45, 2.75) is 31.8 Å². The summed E-state index contributed by atoms with van der Waals surface area (Å²) in [4.78, 5) is 24.5. The number of urea groups is 1. The minimum absolute atomic E-state index is 0.00341. The molecule has 1 heterocycles. The van der Waals surface area contributed by atoms with E-state index >= 15 is 0 Å². The molecule has 0 saturated carbocycles. The van der Waals surface area contributed by atoms with Crippen LogP contribution in [0.5, 0.6) is 0 Å². The van der Waals surface area contributed by atoms with Crippen LogP contribution < -0.4 is 10.2 Å². The minimum atomic E-state index is -1.44. The molecule has 0 aliphatic carbocycles. The summed E-state index contributed by atoms with van der Waals surface area (Å²) in [6.07, 6.45) is 1.48. The van der Waals surface area contributed by atoms with Gasteiger partial charge in [0.1, 0.15) is 0 Å². The molecule has 2 rings (SSSR count). The molecule has 0 fully saturated rings. The van der Waals surface area contributed by atoms with Crippen molar-refractivity contribution in [1.82, 2.24) is 5.32 Å². The first-order valence-corrected chi connectivity index (χ1v) is 7.13. The number of carbonyl (C=O) groups is 2. The highest BCUT2D eigenvalue weighted by Gasteiger charge is 2.21. The fourth-order valence-electron chi connectivity index (χ4n) is 2.44. The zero-order chi connectivity index (χ0) is 15.2. The van der Waals surface area contributed by atoms with Crippen molar-refractivity contribution in [2.75, 3.05) is 18.0 Å². The van der Waals surface area contributed by atoms with Crippen molar-refractivity contribution in [2.24, 2.45) is 0 Å². The Morgan fingerprint density at radius 3 is 2.81 bits per heavy atom. The number of carboxylic acids is 1. The van der Waals surface area contributed by atoms with Gasteiger partial charge < -0.3 is 15.5 Å². The second-order valence-corrected chi connectivity index (χ2v) is 5.11. The summed E-state index contributed by atoms with van der Waals surface area (Å²) in [7, 11) is 0. The number of aliphatic carboxylic acids is 1. The number of aryl methyl sites for hydroxylation is 1. The summed E-state index contributed by atoms with van der Waals surface area (Å²) >= 11 is 0. The Morgan fingerprint density at radius 1 is 1.29 bits per heavy atom. The number of para-hydroxylation sites is 1. The summed E-state index contributed by atoms with van der Waals surface area (Å²) in [5, 5.41) is 20.4. The van der Waals surface area contributed by atoms with Crippen LogP contribution in [0, 0.1) is 0 Å². The van der Waals surface area contributed by atoms with Gasteiger partial charge in [-0.15, -0.1) is 0 Å². The van der Waals surface area contributed by atoms with Crippen molar-refractivity contribution >= 4 is 17.7 Å². The molecule has 0 saturated heterocycles. The van der Waals surface area contributed by atoms with E-state index in [1.165, 1.54) is 0 Å². The van der Waals surface area contributed by atoms with E-state index in [0.717, 1.165) is 30.5 Å². The Morgan fingerprint density at radius 2 is 2.05 bits per heavy atom. The molecule has 114 valence electrons. The van der Waals surface area contributed by atoms with E-state index in [0.29, 0.717) is 6.54 Å². The van der Waals surface area contributed by atoms with Crippen LogP contribution in [0.4, 0.5) is 10.5 Å². The number of fused-ring (bicyclic) bond motifs is 1. The number of aliphatic hydroxyl groups is 1. The largest absolute Gasteiger partial charge is 0.479 e. The number of anilines is 1. The van der Waals surface area contributed by atoms with Gasteiger partial charge in [0.15, 0.2) is 6.10 Å². The Labute approximate surface area is 123 Å². The van der Waals surface area contributed by atoms with Crippen LogP contribution in [-0.4, -0.2) is 41.4 Å². The molecule has 1 aliphatic heterocycles. The predicted molar refractivity (Wildman–Crippen MR) is 78.4 cm³/mol. The normalized spacial score (nSPS) is 15.8. The van der Waals surface area contributed by atoms with Gasteiger partial charge in [0.05, 0.1) is 0 Å². The lowest BCUT2D eigenvalue weighted by molar-refractivity contribution is -0.146. The predicted octanol–water partition coefficient (Wildman–Crippen LogP) is 1.37. The van der Waals surface area contributed by atoms with Crippen LogP contribution in [0.3, 0.4) is 0 Å². The summed E-state index contributed by atoms with van der Waals surface area (Å²) < 4.78 is 0. The van der Waals surface area contributed by atoms with Crippen molar-refractivity contribution in [3.8, 4) is 0 Å². The first-order chi connectivity index (χ1) is 10.1. The number of hydrogen-bond acceptors (Lipinski definition) is 3. The zero-order valence-corrected chi connectivity index (χ0v) is 11.8. The molecule has 0 bridgehead atoms.